The van der Waals surface area contributed by atoms with Gasteiger partial charge in [-0.2, -0.15) is 4.31 Å². The second-order valence-corrected chi connectivity index (χ2v) is 11.6. The molecule has 2 N–H and O–H groups in total. The van der Waals surface area contributed by atoms with Crippen LogP contribution in [0.25, 0.3) is 10.2 Å². The molecule has 0 saturated carbocycles. The van der Waals surface area contributed by atoms with Gasteiger partial charge in [-0.1, -0.05) is 11.3 Å². The number of esters is 1. The highest BCUT2D eigenvalue weighted by atomic mass is 127. The van der Waals surface area contributed by atoms with Gasteiger partial charge in [-0.15, -0.1) is 0 Å². The lowest BCUT2D eigenvalue weighted by Gasteiger charge is -2.38. The Morgan fingerprint density at radius 2 is 2.15 bits per heavy atom. The van der Waals surface area contributed by atoms with Crippen LogP contribution in [0.5, 0.6) is 0 Å². The molecule has 176 valence electrons. The molecule has 12 heteroatoms. The van der Waals surface area contributed by atoms with E-state index >= 15 is 0 Å². The number of benzene rings is 1. The second-order valence-electron chi connectivity index (χ2n) is 7.49. The Kier molecular flexibility index (Phi) is 7.48. The second kappa shape index (κ2) is 10.2. The molecule has 1 aliphatic rings. The molecule has 1 fully saturated rings. The molecule has 8 nitrogen and oxygen atoms in total. The number of sulfonamides is 1. The van der Waals surface area contributed by atoms with Crippen molar-refractivity contribution >= 4 is 70.8 Å². The van der Waals surface area contributed by atoms with Crippen molar-refractivity contribution in [3.63, 3.8) is 0 Å². The van der Waals surface area contributed by atoms with Crippen LogP contribution in [-0.2, 0) is 19.6 Å². The Morgan fingerprint density at radius 3 is 2.88 bits per heavy atom. The van der Waals surface area contributed by atoms with E-state index in [0.717, 1.165) is 3.57 Å². The maximum atomic E-state index is 14.5. The number of pyridine rings is 1. The number of nitrogens with one attached hydrogen (secondary N) is 2. The predicted molar refractivity (Wildman–Crippen MR) is 134 cm³/mol. The first-order chi connectivity index (χ1) is 15.8. The first-order valence-electron chi connectivity index (χ1n) is 10.3. The van der Waals surface area contributed by atoms with Gasteiger partial charge in [0.15, 0.2) is 0 Å². The Hall–Kier alpha value is -1.87. The van der Waals surface area contributed by atoms with E-state index in [9.17, 15) is 17.6 Å². The van der Waals surface area contributed by atoms with Gasteiger partial charge in [0.25, 0.3) is 0 Å². The minimum Gasteiger partial charge on any atom is -0.465 e. The summed E-state index contributed by atoms with van der Waals surface area (Å²) in [6.07, 6.45) is 1.60. The molecule has 0 amide bonds. The van der Waals surface area contributed by atoms with E-state index in [-0.39, 0.29) is 29.0 Å². The third-order valence-corrected chi connectivity index (χ3v) is 8.88. The maximum absolute atomic E-state index is 14.5. The van der Waals surface area contributed by atoms with Crippen molar-refractivity contribution < 1.29 is 22.3 Å². The van der Waals surface area contributed by atoms with Crippen LogP contribution >= 0.6 is 33.9 Å². The molecular formula is C21H22FIN4O4S2. The number of anilines is 2. The van der Waals surface area contributed by atoms with E-state index in [2.05, 4.69) is 15.6 Å². The van der Waals surface area contributed by atoms with E-state index in [1.807, 2.05) is 22.6 Å². The van der Waals surface area contributed by atoms with Crippen molar-refractivity contribution in [2.24, 2.45) is 5.92 Å². The molecule has 2 aromatic heterocycles. The van der Waals surface area contributed by atoms with Crippen LogP contribution in [0.2, 0.25) is 0 Å². The summed E-state index contributed by atoms with van der Waals surface area (Å²) in [4.78, 5) is 16.4. The zero-order chi connectivity index (χ0) is 23.6. The smallest absolute Gasteiger partial charge is 0.319 e. The predicted octanol–water partition coefficient (Wildman–Crippen LogP) is 3.56. The fourth-order valence-electron chi connectivity index (χ4n) is 3.53. The van der Waals surface area contributed by atoms with Gasteiger partial charge in [-0.25, -0.2) is 17.8 Å². The van der Waals surface area contributed by atoms with Crippen LogP contribution < -0.4 is 10.6 Å². The molecule has 0 aliphatic carbocycles. The molecule has 3 aromatic rings. The van der Waals surface area contributed by atoms with E-state index in [1.54, 1.807) is 37.4 Å². The number of nitrogens with zero attached hydrogens (tertiary/aromatic N) is 2. The van der Waals surface area contributed by atoms with E-state index in [1.165, 1.54) is 21.7 Å². The molecule has 33 heavy (non-hydrogen) atoms. The maximum Gasteiger partial charge on any atom is 0.319 e. The highest BCUT2D eigenvalue weighted by Crippen LogP contribution is 2.42. The topological polar surface area (TPSA) is 101 Å². The molecule has 1 aromatic carbocycles. The minimum absolute atomic E-state index is 0.0854. The molecule has 3 heterocycles. The number of hydrogen-bond acceptors (Lipinski definition) is 8. The van der Waals surface area contributed by atoms with Crippen molar-refractivity contribution in [2.45, 2.75) is 11.8 Å². The lowest BCUT2D eigenvalue weighted by atomic mass is 10.0. The summed E-state index contributed by atoms with van der Waals surface area (Å²) >= 11 is 3.19. The first kappa shape index (κ1) is 24.3. The van der Waals surface area contributed by atoms with Crippen LogP contribution in [-0.4, -0.2) is 56.5 Å². The van der Waals surface area contributed by atoms with Gasteiger partial charge in [-0.3, -0.25) is 4.79 Å². The number of thiophene rings is 1. The van der Waals surface area contributed by atoms with Gasteiger partial charge in [-0.05, 0) is 65.8 Å². The number of rotatable bonds is 9. The molecule has 4 rings (SSSR count). The third kappa shape index (κ3) is 5.29. The highest BCUT2D eigenvalue weighted by molar-refractivity contribution is 14.1. The Balaban J connectivity index is 1.53. The number of carbonyl (C=O) groups is 1. The van der Waals surface area contributed by atoms with Gasteiger partial charge in [0, 0.05) is 34.8 Å². The van der Waals surface area contributed by atoms with E-state index < -0.39 is 15.8 Å². The molecule has 0 radical (unpaired) electrons. The van der Waals surface area contributed by atoms with Crippen molar-refractivity contribution in [2.75, 3.05) is 38.1 Å². The number of aromatic nitrogens is 1. The molecule has 0 bridgehead atoms. The molecule has 1 aliphatic heterocycles. The fourth-order valence-corrected chi connectivity index (χ4v) is 7.24. The fraction of sp³-hybridized carbons (Fsp3) is 0.333. The van der Waals surface area contributed by atoms with Crippen LogP contribution in [0.3, 0.4) is 0 Å². The van der Waals surface area contributed by atoms with E-state index in [4.69, 9.17) is 4.74 Å². The number of ether oxygens (including phenoxy) is 1. The standard InChI is InChI=1S/C21H22FIN4O4S2/c1-2-31-18(28)10-24-9-13-11-27(12-13)33(29,30)19-15-4-3-7-25-20(15)32-21(19)26-17-6-5-14(23)8-16(17)22/h3-8,13,24,26H,2,9-12H2,1H3. The highest BCUT2D eigenvalue weighted by Gasteiger charge is 2.39. The molecule has 1 saturated heterocycles. The minimum atomic E-state index is -3.84. The van der Waals surface area contributed by atoms with Crippen molar-refractivity contribution in [3.8, 4) is 0 Å². The Labute approximate surface area is 208 Å². The third-order valence-electron chi connectivity index (χ3n) is 5.13. The van der Waals surface area contributed by atoms with Crippen LogP contribution in [0.1, 0.15) is 6.92 Å². The first-order valence-corrected chi connectivity index (χ1v) is 13.6. The molecule has 0 unspecified atom stereocenters. The lowest BCUT2D eigenvalue weighted by molar-refractivity contribution is -0.142. The molecule has 0 spiro atoms. The normalized spacial score (nSPS) is 14.9. The summed E-state index contributed by atoms with van der Waals surface area (Å²) in [5.41, 5.74) is 0.197. The van der Waals surface area contributed by atoms with Crippen molar-refractivity contribution in [1.29, 1.82) is 0 Å². The van der Waals surface area contributed by atoms with Crippen molar-refractivity contribution in [1.82, 2.24) is 14.6 Å². The SMILES string of the molecule is CCOC(=O)CNCC1CN(S(=O)(=O)c2c(Nc3ccc(I)cc3F)sc3ncccc23)C1. The number of carbonyl (C=O) groups excluding carboxylic acids is 1. The number of halogens is 2. The van der Waals surface area contributed by atoms with Gasteiger partial charge in [0.05, 0.1) is 18.8 Å². The summed E-state index contributed by atoms with van der Waals surface area (Å²) in [5.74, 6) is -0.716. The van der Waals surface area contributed by atoms with Gasteiger partial charge in [0.1, 0.15) is 20.5 Å². The largest absolute Gasteiger partial charge is 0.465 e. The summed E-state index contributed by atoms with van der Waals surface area (Å²) in [6, 6.07) is 8.10. The van der Waals surface area contributed by atoms with Crippen molar-refractivity contribution in [3.05, 3.63) is 45.9 Å². The number of fused-ring (bicyclic) bond motifs is 1. The average Bonchev–Trinajstić information content (AvgIpc) is 3.10. The van der Waals surface area contributed by atoms with Gasteiger partial charge >= 0.3 is 5.97 Å². The number of hydrogen-bond donors (Lipinski definition) is 2. The van der Waals surface area contributed by atoms with E-state index in [0.29, 0.717) is 41.5 Å². The van der Waals surface area contributed by atoms with Gasteiger partial charge in [0.2, 0.25) is 10.0 Å². The van der Waals surface area contributed by atoms with Gasteiger partial charge < -0.3 is 15.4 Å². The Bertz CT molecular complexity index is 1280. The Morgan fingerprint density at radius 1 is 1.36 bits per heavy atom. The summed E-state index contributed by atoms with van der Waals surface area (Å²) in [6.45, 7) is 3.32. The molecule has 0 atom stereocenters. The average molecular weight is 604 g/mol. The summed E-state index contributed by atoms with van der Waals surface area (Å²) in [5, 5.41) is 6.80. The van der Waals surface area contributed by atoms with Crippen LogP contribution in [0.4, 0.5) is 15.1 Å². The van der Waals surface area contributed by atoms with Crippen LogP contribution in [0, 0.1) is 15.3 Å². The summed E-state index contributed by atoms with van der Waals surface area (Å²) in [7, 11) is -3.84. The zero-order valence-corrected chi connectivity index (χ0v) is 21.5. The summed E-state index contributed by atoms with van der Waals surface area (Å²) < 4.78 is 48.5. The monoisotopic (exact) mass is 604 g/mol. The molecular weight excluding hydrogens is 582 g/mol. The zero-order valence-electron chi connectivity index (χ0n) is 17.7. The lowest BCUT2D eigenvalue weighted by Crippen LogP contribution is -2.53. The quantitative estimate of drug-likeness (QED) is 0.285. The van der Waals surface area contributed by atoms with Crippen LogP contribution in [0.15, 0.2) is 41.4 Å².